The SMILES string of the molecule is C/C=C\C1[C@@H](C(=O)OCc2c(F)c(F)c(C)c(F)c2F)C1(C)C. The van der Waals surface area contributed by atoms with Crippen LogP contribution < -0.4 is 0 Å². The van der Waals surface area contributed by atoms with Gasteiger partial charge in [-0.15, -0.1) is 0 Å². The molecule has 1 unspecified atom stereocenters. The van der Waals surface area contributed by atoms with Gasteiger partial charge in [-0.2, -0.15) is 0 Å². The monoisotopic (exact) mass is 330 g/mol. The number of hydrogen-bond donors (Lipinski definition) is 0. The van der Waals surface area contributed by atoms with Crippen molar-refractivity contribution in [3.8, 4) is 0 Å². The van der Waals surface area contributed by atoms with Gasteiger partial charge in [0.25, 0.3) is 0 Å². The summed E-state index contributed by atoms with van der Waals surface area (Å²) >= 11 is 0. The zero-order valence-electron chi connectivity index (χ0n) is 13.3. The summed E-state index contributed by atoms with van der Waals surface area (Å²) in [6, 6.07) is 0. The quantitative estimate of drug-likeness (QED) is 0.353. The fraction of sp³-hybridized carbons (Fsp3) is 0.471. The molecule has 2 nitrogen and oxygen atoms in total. The molecule has 2 atom stereocenters. The number of hydrogen-bond acceptors (Lipinski definition) is 2. The summed E-state index contributed by atoms with van der Waals surface area (Å²) in [5.41, 5.74) is -1.98. The summed E-state index contributed by atoms with van der Waals surface area (Å²) in [5.74, 6) is -7.13. The zero-order chi connectivity index (χ0) is 17.5. The first-order valence-electron chi connectivity index (χ1n) is 7.25. The summed E-state index contributed by atoms with van der Waals surface area (Å²) in [6.45, 7) is 5.64. The van der Waals surface area contributed by atoms with Gasteiger partial charge in [-0.05, 0) is 25.2 Å². The Bertz CT molecular complexity index is 651. The number of halogens is 4. The highest BCUT2D eigenvalue weighted by atomic mass is 19.2. The molecule has 23 heavy (non-hydrogen) atoms. The summed E-state index contributed by atoms with van der Waals surface area (Å²) in [6.07, 6.45) is 3.67. The highest BCUT2D eigenvalue weighted by Crippen LogP contribution is 2.59. The average molecular weight is 330 g/mol. The Kier molecular flexibility index (Phi) is 4.55. The van der Waals surface area contributed by atoms with Crippen molar-refractivity contribution in [2.75, 3.05) is 0 Å². The number of rotatable bonds is 4. The van der Waals surface area contributed by atoms with Gasteiger partial charge in [0.15, 0.2) is 23.3 Å². The number of esters is 1. The van der Waals surface area contributed by atoms with E-state index in [2.05, 4.69) is 0 Å². The summed E-state index contributed by atoms with van der Waals surface area (Å²) in [4.78, 5) is 12.1. The van der Waals surface area contributed by atoms with Gasteiger partial charge >= 0.3 is 5.97 Å². The van der Waals surface area contributed by atoms with Gasteiger partial charge in [0, 0.05) is 5.56 Å². The second-order valence-corrected chi connectivity index (χ2v) is 6.32. The van der Waals surface area contributed by atoms with E-state index in [9.17, 15) is 22.4 Å². The molecule has 1 saturated carbocycles. The van der Waals surface area contributed by atoms with Crippen LogP contribution in [0.5, 0.6) is 0 Å². The molecule has 0 aromatic heterocycles. The minimum absolute atomic E-state index is 0.0267. The van der Waals surface area contributed by atoms with Crippen LogP contribution in [0.4, 0.5) is 17.6 Å². The largest absolute Gasteiger partial charge is 0.460 e. The lowest BCUT2D eigenvalue weighted by molar-refractivity contribution is -0.147. The van der Waals surface area contributed by atoms with E-state index in [4.69, 9.17) is 4.74 Å². The Morgan fingerprint density at radius 1 is 1.13 bits per heavy atom. The van der Waals surface area contributed by atoms with Gasteiger partial charge in [0.2, 0.25) is 0 Å². The molecule has 0 radical (unpaired) electrons. The third-order valence-corrected chi connectivity index (χ3v) is 4.50. The molecule has 1 aliphatic carbocycles. The highest BCUT2D eigenvalue weighted by Gasteiger charge is 2.61. The molecule has 0 bridgehead atoms. The maximum absolute atomic E-state index is 13.7. The Balaban J connectivity index is 2.15. The van der Waals surface area contributed by atoms with Crippen molar-refractivity contribution in [1.29, 1.82) is 0 Å². The van der Waals surface area contributed by atoms with Crippen molar-refractivity contribution < 1.29 is 27.1 Å². The molecule has 1 fully saturated rings. The second-order valence-electron chi connectivity index (χ2n) is 6.32. The maximum Gasteiger partial charge on any atom is 0.310 e. The first kappa shape index (κ1) is 17.5. The van der Waals surface area contributed by atoms with Crippen LogP contribution in [0, 0.1) is 47.4 Å². The normalized spacial score (nSPS) is 22.4. The predicted octanol–water partition coefficient (Wildman–Crippen LogP) is 4.44. The molecule has 1 aliphatic rings. The lowest BCUT2D eigenvalue weighted by Crippen LogP contribution is -2.14. The maximum atomic E-state index is 13.7. The average Bonchev–Trinajstić information content (AvgIpc) is 3.04. The second kappa shape index (κ2) is 5.98. The third-order valence-electron chi connectivity index (χ3n) is 4.50. The molecule has 0 aliphatic heterocycles. The summed E-state index contributed by atoms with van der Waals surface area (Å²) < 4.78 is 59.3. The first-order chi connectivity index (χ1) is 10.6. The lowest BCUT2D eigenvalue weighted by atomic mass is 10.1. The Morgan fingerprint density at radius 3 is 2.13 bits per heavy atom. The molecule has 2 rings (SSSR count). The molecule has 0 saturated heterocycles. The van der Waals surface area contributed by atoms with E-state index in [1.165, 1.54) is 0 Å². The molecular weight excluding hydrogens is 312 g/mol. The molecule has 126 valence electrons. The van der Waals surface area contributed by atoms with Crippen LogP contribution in [-0.2, 0) is 16.1 Å². The van der Waals surface area contributed by atoms with Crippen LogP contribution in [0.2, 0.25) is 0 Å². The highest BCUT2D eigenvalue weighted by molar-refractivity contribution is 5.78. The van der Waals surface area contributed by atoms with E-state index in [1.54, 1.807) is 0 Å². The van der Waals surface area contributed by atoms with Crippen molar-refractivity contribution in [3.05, 3.63) is 46.5 Å². The summed E-state index contributed by atoms with van der Waals surface area (Å²) in [7, 11) is 0. The lowest BCUT2D eigenvalue weighted by Gasteiger charge is -2.10. The third kappa shape index (κ3) is 2.86. The van der Waals surface area contributed by atoms with Crippen LogP contribution in [-0.4, -0.2) is 5.97 Å². The molecular formula is C17H18F4O2. The van der Waals surface area contributed by atoms with E-state index in [1.807, 2.05) is 32.9 Å². The van der Waals surface area contributed by atoms with E-state index in [0.29, 0.717) is 0 Å². The zero-order valence-corrected chi connectivity index (χ0v) is 13.3. The van der Waals surface area contributed by atoms with Gasteiger partial charge in [-0.1, -0.05) is 26.0 Å². The van der Waals surface area contributed by atoms with E-state index < -0.39 is 52.9 Å². The molecule has 0 amide bonds. The molecule has 1 aromatic rings. The van der Waals surface area contributed by atoms with Gasteiger partial charge in [0.05, 0.1) is 11.5 Å². The number of carbonyl (C=O) groups is 1. The van der Waals surface area contributed by atoms with Crippen molar-refractivity contribution in [2.45, 2.75) is 34.3 Å². The van der Waals surface area contributed by atoms with Crippen molar-refractivity contribution in [3.63, 3.8) is 0 Å². The molecule has 0 N–H and O–H groups in total. The molecule has 1 aromatic carbocycles. The fourth-order valence-electron chi connectivity index (χ4n) is 2.84. The molecule has 0 heterocycles. The Morgan fingerprint density at radius 2 is 1.65 bits per heavy atom. The van der Waals surface area contributed by atoms with Crippen molar-refractivity contribution in [1.82, 2.24) is 0 Å². The van der Waals surface area contributed by atoms with Gasteiger partial charge in [-0.25, -0.2) is 17.6 Å². The van der Waals surface area contributed by atoms with Crippen LogP contribution in [0.25, 0.3) is 0 Å². The van der Waals surface area contributed by atoms with Gasteiger partial charge in [-0.3, -0.25) is 4.79 Å². The number of ether oxygens (including phenoxy) is 1. The minimum Gasteiger partial charge on any atom is -0.460 e. The van der Waals surface area contributed by atoms with E-state index >= 15 is 0 Å². The van der Waals surface area contributed by atoms with Crippen LogP contribution in [0.1, 0.15) is 31.9 Å². The molecule has 6 heteroatoms. The molecule has 0 spiro atoms. The van der Waals surface area contributed by atoms with Crippen LogP contribution in [0.3, 0.4) is 0 Å². The Labute approximate surface area is 132 Å². The number of carbonyl (C=O) groups excluding carboxylic acids is 1. The summed E-state index contributed by atoms with van der Waals surface area (Å²) in [5, 5.41) is 0. The number of benzene rings is 1. The first-order valence-corrected chi connectivity index (χ1v) is 7.25. The van der Waals surface area contributed by atoms with Gasteiger partial charge in [0.1, 0.15) is 6.61 Å². The van der Waals surface area contributed by atoms with Crippen LogP contribution in [0.15, 0.2) is 12.2 Å². The standard InChI is InChI=1S/C17H18F4O2/c1-5-6-10-11(17(10,3)4)16(22)23-7-9-14(20)12(18)8(2)13(19)15(9)21/h5-6,10-11H,7H2,1-4H3/b6-5-/t10?,11-/m0/s1. The van der Waals surface area contributed by atoms with E-state index in [0.717, 1.165) is 6.92 Å². The topological polar surface area (TPSA) is 26.3 Å². The fourth-order valence-corrected chi connectivity index (χ4v) is 2.84. The van der Waals surface area contributed by atoms with Crippen molar-refractivity contribution in [2.24, 2.45) is 17.3 Å². The van der Waals surface area contributed by atoms with Gasteiger partial charge < -0.3 is 4.74 Å². The van der Waals surface area contributed by atoms with E-state index in [-0.39, 0.29) is 11.3 Å². The predicted molar refractivity (Wildman–Crippen MR) is 76.4 cm³/mol. The van der Waals surface area contributed by atoms with Crippen LogP contribution >= 0.6 is 0 Å². The smallest absolute Gasteiger partial charge is 0.310 e. The Hall–Kier alpha value is -1.85. The minimum atomic E-state index is -1.53. The number of allylic oxidation sites excluding steroid dienone is 2. The van der Waals surface area contributed by atoms with Crippen molar-refractivity contribution >= 4 is 5.97 Å².